The lowest BCUT2D eigenvalue weighted by Gasteiger charge is -2.27. The van der Waals surface area contributed by atoms with Crippen LogP contribution in [0.1, 0.15) is 31.9 Å². The molecule has 0 aliphatic carbocycles. The summed E-state index contributed by atoms with van der Waals surface area (Å²) in [4.78, 5) is 0. The van der Waals surface area contributed by atoms with Crippen molar-refractivity contribution >= 4 is 0 Å². The summed E-state index contributed by atoms with van der Waals surface area (Å²) in [5.74, 6) is 0.911. The summed E-state index contributed by atoms with van der Waals surface area (Å²) in [5.41, 5.74) is 1.16. The van der Waals surface area contributed by atoms with Crippen molar-refractivity contribution in [1.29, 1.82) is 0 Å². The molecule has 0 fully saturated rings. The molecular weight excluding hydrogens is 214 g/mol. The molecule has 2 atom stereocenters. The summed E-state index contributed by atoms with van der Waals surface area (Å²) in [7, 11) is 3.46. The first-order valence-electron chi connectivity index (χ1n) is 6.17. The van der Waals surface area contributed by atoms with Gasteiger partial charge in [-0.15, -0.1) is 0 Å². The third kappa shape index (κ3) is 3.45. The Morgan fingerprint density at radius 3 is 2.41 bits per heavy atom. The third-order valence-corrected chi connectivity index (χ3v) is 2.97. The van der Waals surface area contributed by atoms with Gasteiger partial charge in [-0.25, -0.2) is 0 Å². The Morgan fingerprint density at radius 2 is 1.88 bits per heavy atom. The molecule has 0 aromatic heterocycles. The Labute approximate surface area is 104 Å². The van der Waals surface area contributed by atoms with E-state index in [4.69, 9.17) is 9.47 Å². The van der Waals surface area contributed by atoms with Crippen molar-refractivity contribution in [2.45, 2.75) is 32.4 Å². The van der Waals surface area contributed by atoms with E-state index in [0.29, 0.717) is 0 Å². The van der Waals surface area contributed by atoms with Crippen LogP contribution in [0.5, 0.6) is 5.75 Å². The highest BCUT2D eigenvalue weighted by Gasteiger charge is 2.23. The number of likely N-dealkylation sites (N-methyl/N-ethyl adjacent to an activating group) is 1. The molecule has 1 N–H and O–H groups in total. The number of benzene rings is 1. The lowest BCUT2D eigenvalue weighted by molar-refractivity contribution is 0.0648. The van der Waals surface area contributed by atoms with Crippen LogP contribution in [0.4, 0.5) is 0 Å². The van der Waals surface area contributed by atoms with Crippen molar-refractivity contribution in [2.24, 2.45) is 0 Å². The molecule has 0 saturated carbocycles. The highest BCUT2D eigenvalue weighted by molar-refractivity contribution is 5.36. The SMILES string of the molecule is CCNC(c1ccccc1OC)C(CC)OC. The van der Waals surface area contributed by atoms with Crippen LogP contribution in [0, 0.1) is 0 Å². The van der Waals surface area contributed by atoms with E-state index in [1.54, 1.807) is 14.2 Å². The highest BCUT2D eigenvalue weighted by atomic mass is 16.5. The molecule has 96 valence electrons. The van der Waals surface area contributed by atoms with Crippen LogP contribution in [0.15, 0.2) is 24.3 Å². The predicted molar refractivity (Wildman–Crippen MR) is 70.5 cm³/mol. The summed E-state index contributed by atoms with van der Waals surface area (Å²) in [6.45, 7) is 5.14. The second-order valence-electron chi connectivity index (χ2n) is 3.96. The van der Waals surface area contributed by atoms with Crippen molar-refractivity contribution < 1.29 is 9.47 Å². The van der Waals surface area contributed by atoms with Crippen LogP contribution in [0.2, 0.25) is 0 Å². The molecule has 0 saturated heterocycles. The summed E-state index contributed by atoms with van der Waals surface area (Å²) in [6, 6.07) is 8.27. The maximum Gasteiger partial charge on any atom is 0.123 e. The number of para-hydroxylation sites is 1. The van der Waals surface area contributed by atoms with Gasteiger partial charge in [-0.2, -0.15) is 0 Å². The lowest BCUT2D eigenvalue weighted by Crippen LogP contribution is -2.33. The predicted octanol–water partition coefficient (Wildman–Crippen LogP) is 2.77. The largest absolute Gasteiger partial charge is 0.496 e. The molecule has 17 heavy (non-hydrogen) atoms. The van der Waals surface area contributed by atoms with Gasteiger partial charge in [-0.1, -0.05) is 32.0 Å². The van der Waals surface area contributed by atoms with Crippen LogP contribution in [-0.4, -0.2) is 26.9 Å². The average molecular weight is 237 g/mol. The fourth-order valence-electron chi connectivity index (χ4n) is 2.12. The summed E-state index contributed by atoms with van der Waals surface area (Å²) >= 11 is 0. The van der Waals surface area contributed by atoms with Crippen molar-refractivity contribution in [3.63, 3.8) is 0 Å². The molecule has 2 unspecified atom stereocenters. The van der Waals surface area contributed by atoms with Gasteiger partial charge in [0.25, 0.3) is 0 Å². The first kappa shape index (κ1) is 14.0. The number of hydrogen-bond donors (Lipinski definition) is 1. The van der Waals surface area contributed by atoms with Crippen LogP contribution < -0.4 is 10.1 Å². The summed E-state index contributed by atoms with van der Waals surface area (Å²) in [6.07, 6.45) is 1.12. The first-order chi connectivity index (χ1) is 8.28. The Hall–Kier alpha value is -1.06. The third-order valence-electron chi connectivity index (χ3n) is 2.97. The summed E-state index contributed by atoms with van der Waals surface area (Å²) < 4.78 is 11.0. The molecule has 0 aliphatic heterocycles. The smallest absolute Gasteiger partial charge is 0.123 e. The zero-order chi connectivity index (χ0) is 12.7. The van der Waals surface area contributed by atoms with E-state index in [2.05, 4.69) is 25.2 Å². The lowest BCUT2D eigenvalue weighted by atomic mass is 9.98. The van der Waals surface area contributed by atoms with E-state index in [9.17, 15) is 0 Å². The van der Waals surface area contributed by atoms with Crippen LogP contribution in [0.25, 0.3) is 0 Å². The van der Waals surface area contributed by atoms with Crippen LogP contribution >= 0.6 is 0 Å². The molecule has 0 amide bonds. The van der Waals surface area contributed by atoms with Gasteiger partial charge in [0.05, 0.1) is 19.3 Å². The first-order valence-corrected chi connectivity index (χ1v) is 6.17. The normalized spacial score (nSPS) is 14.4. The standard InChI is InChI=1S/C14H23NO2/c1-5-12(16-3)14(15-6-2)11-9-7-8-10-13(11)17-4/h7-10,12,14-15H,5-6H2,1-4H3. The fraction of sp³-hybridized carbons (Fsp3) is 0.571. The van der Waals surface area contributed by atoms with Gasteiger partial charge in [0, 0.05) is 12.7 Å². The minimum absolute atomic E-state index is 0.159. The van der Waals surface area contributed by atoms with Crippen molar-refractivity contribution in [3.05, 3.63) is 29.8 Å². The molecule has 0 aliphatic rings. The molecule has 1 rings (SSSR count). The maximum atomic E-state index is 5.55. The van der Waals surface area contributed by atoms with E-state index < -0.39 is 0 Å². The molecule has 0 spiro atoms. The zero-order valence-electron chi connectivity index (χ0n) is 11.2. The number of hydrogen-bond acceptors (Lipinski definition) is 3. The minimum atomic E-state index is 0.159. The maximum absolute atomic E-state index is 5.55. The van der Waals surface area contributed by atoms with Gasteiger partial charge < -0.3 is 14.8 Å². The van der Waals surface area contributed by atoms with Gasteiger partial charge in [-0.05, 0) is 19.0 Å². The molecule has 3 heteroatoms. The molecule has 0 heterocycles. The Kier molecular flexibility index (Phi) is 6.01. The molecule has 0 bridgehead atoms. The topological polar surface area (TPSA) is 30.5 Å². The second kappa shape index (κ2) is 7.30. The van der Waals surface area contributed by atoms with Gasteiger partial charge in [0.2, 0.25) is 0 Å². The van der Waals surface area contributed by atoms with Gasteiger partial charge >= 0.3 is 0 Å². The highest BCUT2D eigenvalue weighted by Crippen LogP contribution is 2.29. The molecule has 1 aromatic carbocycles. The Morgan fingerprint density at radius 1 is 1.18 bits per heavy atom. The number of methoxy groups -OCH3 is 2. The van der Waals surface area contributed by atoms with E-state index >= 15 is 0 Å². The van der Waals surface area contributed by atoms with E-state index in [1.807, 2.05) is 18.2 Å². The monoisotopic (exact) mass is 237 g/mol. The molecule has 0 radical (unpaired) electrons. The molecular formula is C14H23NO2. The van der Waals surface area contributed by atoms with E-state index in [0.717, 1.165) is 24.3 Å². The summed E-state index contributed by atoms with van der Waals surface area (Å²) in [5, 5.41) is 3.47. The van der Waals surface area contributed by atoms with Gasteiger partial charge in [0.1, 0.15) is 5.75 Å². The van der Waals surface area contributed by atoms with E-state index in [1.165, 1.54) is 0 Å². The van der Waals surface area contributed by atoms with Crippen LogP contribution in [0.3, 0.4) is 0 Å². The van der Waals surface area contributed by atoms with Gasteiger partial charge in [-0.3, -0.25) is 0 Å². The second-order valence-corrected chi connectivity index (χ2v) is 3.96. The Bertz CT molecular complexity index is 324. The van der Waals surface area contributed by atoms with Crippen LogP contribution in [-0.2, 0) is 4.74 Å². The number of rotatable bonds is 7. The molecule has 3 nitrogen and oxygen atoms in total. The van der Waals surface area contributed by atoms with Crippen molar-refractivity contribution in [2.75, 3.05) is 20.8 Å². The van der Waals surface area contributed by atoms with Crippen molar-refractivity contribution in [3.8, 4) is 5.75 Å². The Balaban J connectivity index is 3.03. The average Bonchev–Trinajstić information content (AvgIpc) is 2.39. The fourth-order valence-corrected chi connectivity index (χ4v) is 2.12. The van der Waals surface area contributed by atoms with Crippen molar-refractivity contribution in [1.82, 2.24) is 5.32 Å². The molecule has 1 aromatic rings. The quantitative estimate of drug-likeness (QED) is 0.791. The zero-order valence-corrected chi connectivity index (χ0v) is 11.2. The minimum Gasteiger partial charge on any atom is -0.496 e. The van der Waals surface area contributed by atoms with E-state index in [-0.39, 0.29) is 12.1 Å². The van der Waals surface area contributed by atoms with Gasteiger partial charge in [0.15, 0.2) is 0 Å². The number of nitrogens with one attached hydrogen (secondary N) is 1. The number of ether oxygens (including phenoxy) is 2.